The second kappa shape index (κ2) is 4.80. The van der Waals surface area contributed by atoms with Crippen molar-refractivity contribution >= 4 is 23.2 Å². The summed E-state index contributed by atoms with van der Waals surface area (Å²) in [5.41, 5.74) is 4.82. The van der Waals surface area contributed by atoms with Gasteiger partial charge < -0.3 is 10.5 Å². The molecular formula is C9H9ClN2O4. The van der Waals surface area contributed by atoms with Gasteiger partial charge in [-0.2, -0.15) is 0 Å². The van der Waals surface area contributed by atoms with E-state index in [0.717, 1.165) is 6.07 Å². The molecule has 0 aliphatic carbocycles. The molecule has 0 spiro atoms. The summed E-state index contributed by atoms with van der Waals surface area (Å²) >= 11 is 5.75. The molecule has 2 N–H and O–H groups in total. The van der Waals surface area contributed by atoms with E-state index in [0.29, 0.717) is 0 Å². The van der Waals surface area contributed by atoms with E-state index in [1.54, 1.807) is 0 Å². The highest BCUT2D eigenvalue weighted by Gasteiger charge is 2.15. The highest BCUT2D eigenvalue weighted by atomic mass is 35.5. The van der Waals surface area contributed by atoms with Crippen LogP contribution in [0.2, 0.25) is 5.02 Å². The summed E-state index contributed by atoms with van der Waals surface area (Å²) in [4.78, 5) is 20.7. The quantitative estimate of drug-likeness (QED) is 0.641. The van der Waals surface area contributed by atoms with E-state index >= 15 is 0 Å². The third-order valence-electron chi connectivity index (χ3n) is 1.83. The standard InChI is InChI=1S/C9H9ClN2O4/c1-5(9(11)13)16-8-4-6(12(14)15)2-3-7(8)10/h2-5H,1H3,(H2,11,13). The van der Waals surface area contributed by atoms with Crippen LogP contribution in [0.25, 0.3) is 0 Å². The third-order valence-corrected chi connectivity index (χ3v) is 2.14. The molecule has 1 atom stereocenters. The van der Waals surface area contributed by atoms with Gasteiger partial charge in [0.2, 0.25) is 0 Å². The number of hydrogen-bond acceptors (Lipinski definition) is 4. The molecule has 0 heterocycles. The molecule has 1 unspecified atom stereocenters. The van der Waals surface area contributed by atoms with Crippen molar-refractivity contribution in [1.29, 1.82) is 0 Å². The molecule has 86 valence electrons. The molecule has 0 bridgehead atoms. The summed E-state index contributed by atoms with van der Waals surface area (Å²) in [5, 5.41) is 10.7. The fourth-order valence-corrected chi connectivity index (χ4v) is 1.11. The normalized spacial score (nSPS) is 11.9. The molecule has 0 saturated heterocycles. The number of rotatable bonds is 4. The lowest BCUT2D eigenvalue weighted by molar-refractivity contribution is -0.384. The highest BCUT2D eigenvalue weighted by molar-refractivity contribution is 6.32. The van der Waals surface area contributed by atoms with E-state index in [-0.39, 0.29) is 16.5 Å². The Hall–Kier alpha value is -1.82. The minimum atomic E-state index is -0.903. The van der Waals surface area contributed by atoms with E-state index in [4.69, 9.17) is 22.1 Å². The molecule has 1 rings (SSSR count). The topological polar surface area (TPSA) is 95.5 Å². The van der Waals surface area contributed by atoms with Gasteiger partial charge in [-0.15, -0.1) is 0 Å². The van der Waals surface area contributed by atoms with Crippen molar-refractivity contribution in [2.75, 3.05) is 0 Å². The Balaban J connectivity index is 2.98. The summed E-state index contributed by atoms with van der Waals surface area (Å²) in [6.07, 6.45) is -0.903. The number of carbonyl (C=O) groups excluding carboxylic acids is 1. The van der Waals surface area contributed by atoms with Crippen molar-refractivity contribution in [2.24, 2.45) is 5.73 Å². The average molecular weight is 245 g/mol. The second-order valence-electron chi connectivity index (χ2n) is 3.03. The predicted molar refractivity (Wildman–Crippen MR) is 57.4 cm³/mol. The van der Waals surface area contributed by atoms with Gasteiger partial charge in [-0.3, -0.25) is 14.9 Å². The number of benzene rings is 1. The number of carbonyl (C=O) groups is 1. The molecule has 7 heteroatoms. The Labute approximate surface area is 96.1 Å². The Morgan fingerprint density at radius 2 is 2.25 bits per heavy atom. The molecule has 1 aromatic carbocycles. The molecule has 0 aliphatic rings. The first-order chi connectivity index (χ1) is 7.41. The van der Waals surface area contributed by atoms with Crippen molar-refractivity contribution < 1.29 is 14.5 Å². The molecule has 0 fully saturated rings. The molecular weight excluding hydrogens is 236 g/mol. The van der Waals surface area contributed by atoms with E-state index in [2.05, 4.69) is 0 Å². The average Bonchev–Trinajstić information content (AvgIpc) is 2.20. The van der Waals surface area contributed by atoms with Gasteiger partial charge in [-0.25, -0.2) is 0 Å². The maximum atomic E-state index is 10.8. The van der Waals surface area contributed by atoms with Gasteiger partial charge in [0.15, 0.2) is 6.10 Å². The molecule has 0 radical (unpaired) electrons. The minimum absolute atomic E-state index is 0.0576. The molecule has 0 aromatic heterocycles. The number of amides is 1. The Kier molecular flexibility index (Phi) is 3.68. The van der Waals surface area contributed by atoms with E-state index in [1.807, 2.05) is 0 Å². The van der Waals surface area contributed by atoms with Gasteiger partial charge in [-0.1, -0.05) is 11.6 Å². The Bertz CT molecular complexity index is 436. The Morgan fingerprint density at radius 3 is 2.75 bits per heavy atom. The van der Waals surface area contributed by atoms with Crippen LogP contribution in [0.5, 0.6) is 5.75 Å². The first kappa shape index (κ1) is 12.3. The second-order valence-corrected chi connectivity index (χ2v) is 3.44. The fourth-order valence-electron chi connectivity index (χ4n) is 0.944. The van der Waals surface area contributed by atoms with Gasteiger partial charge in [-0.05, 0) is 13.0 Å². The zero-order chi connectivity index (χ0) is 12.3. The summed E-state index contributed by atoms with van der Waals surface area (Å²) < 4.78 is 5.09. The van der Waals surface area contributed by atoms with E-state index in [1.165, 1.54) is 19.1 Å². The van der Waals surface area contributed by atoms with E-state index in [9.17, 15) is 14.9 Å². The maximum absolute atomic E-state index is 10.8. The summed E-state index contributed by atoms with van der Waals surface area (Å²) in [5.74, 6) is -0.621. The third kappa shape index (κ3) is 2.83. The number of primary amides is 1. The largest absolute Gasteiger partial charge is 0.479 e. The van der Waals surface area contributed by atoms with Crippen LogP contribution in [0.4, 0.5) is 5.69 Å². The lowest BCUT2D eigenvalue weighted by atomic mass is 10.3. The van der Waals surface area contributed by atoms with Crippen LogP contribution < -0.4 is 10.5 Å². The summed E-state index contributed by atoms with van der Waals surface area (Å²) in [6, 6.07) is 3.70. The molecule has 6 nitrogen and oxygen atoms in total. The molecule has 1 amide bonds. The van der Waals surface area contributed by atoms with Gasteiger partial charge in [0.25, 0.3) is 11.6 Å². The van der Waals surface area contributed by atoms with Crippen LogP contribution >= 0.6 is 11.6 Å². The van der Waals surface area contributed by atoms with Crippen molar-refractivity contribution in [3.05, 3.63) is 33.3 Å². The van der Waals surface area contributed by atoms with Crippen molar-refractivity contribution in [3.63, 3.8) is 0 Å². The lowest BCUT2D eigenvalue weighted by Crippen LogP contribution is -2.30. The molecule has 0 aliphatic heterocycles. The van der Waals surface area contributed by atoms with Crippen LogP contribution in [0.3, 0.4) is 0 Å². The molecule has 16 heavy (non-hydrogen) atoms. The zero-order valence-electron chi connectivity index (χ0n) is 8.34. The van der Waals surface area contributed by atoms with Crippen LogP contribution in [-0.2, 0) is 4.79 Å². The van der Waals surface area contributed by atoms with Gasteiger partial charge in [0.1, 0.15) is 5.75 Å². The number of ether oxygens (including phenoxy) is 1. The SMILES string of the molecule is CC(Oc1cc([N+](=O)[O-])ccc1Cl)C(N)=O. The van der Waals surface area contributed by atoms with Crippen LogP contribution in [-0.4, -0.2) is 16.9 Å². The van der Waals surface area contributed by atoms with Crippen LogP contribution in [0.15, 0.2) is 18.2 Å². The number of hydrogen-bond donors (Lipinski definition) is 1. The van der Waals surface area contributed by atoms with Gasteiger partial charge in [0.05, 0.1) is 16.0 Å². The van der Waals surface area contributed by atoms with E-state index < -0.39 is 16.9 Å². The highest BCUT2D eigenvalue weighted by Crippen LogP contribution is 2.29. The van der Waals surface area contributed by atoms with Gasteiger partial charge >= 0.3 is 0 Å². The number of nitrogens with zero attached hydrogens (tertiary/aromatic N) is 1. The summed E-state index contributed by atoms with van der Waals surface area (Å²) in [6.45, 7) is 1.43. The first-order valence-corrected chi connectivity index (χ1v) is 4.69. The molecule has 0 saturated carbocycles. The fraction of sp³-hybridized carbons (Fsp3) is 0.222. The predicted octanol–water partition coefficient (Wildman–Crippen LogP) is 1.50. The number of nitro benzene ring substituents is 1. The van der Waals surface area contributed by atoms with Crippen molar-refractivity contribution in [2.45, 2.75) is 13.0 Å². The van der Waals surface area contributed by atoms with Crippen LogP contribution in [0.1, 0.15) is 6.92 Å². The number of non-ortho nitro benzene ring substituents is 1. The maximum Gasteiger partial charge on any atom is 0.273 e. The zero-order valence-corrected chi connectivity index (χ0v) is 9.10. The van der Waals surface area contributed by atoms with Crippen LogP contribution in [0, 0.1) is 10.1 Å². The monoisotopic (exact) mass is 244 g/mol. The van der Waals surface area contributed by atoms with Crippen molar-refractivity contribution in [1.82, 2.24) is 0 Å². The van der Waals surface area contributed by atoms with Crippen molar-refractivity contribution in [3.8, 4) is 5.75 Å². The Morgan fingerprint density at radius 1 is 1.62 bits per heavy atom. The number of nitrogens with two attached hydrogens (primary N) is 1. The first-order valence-electron chi connectivity index (χ1n) is 4.31. The number of halogens is 1. The number of nitro groups is 1. The minimum Gasteiger partial charge on any atom is -0.479 e. The lowest BCUT2D eigenvalue weighted by Gasteiger charge is -2.11. The summed E-state index contributed by atoms with van der Waals surface area (Å²) in [7, 11) is 0. The smallest absolute Gasteiger partial charge is 0.273 e. The molecule has 1 aromatic rings. The van der Waals surface area contributed by atoms with Gasteiger partial charge in [0, 0.05) is 6.07 Å².